The van der Waals surface area contributed by atoms with Crippen LogP contribution in [0.4, 0.5) is 0 Å². The van der Waals surface area contributed by atoms with E-state index in [0.29, 0.717) is 42.4 Å². The third kappa shape index (κ3) is 6.15. The first-order chi connectivity index (χ1) is 17.6. The lowest BCUT2D eigenvalue weighted by Gasteiger charge is -2.30. The molecule has 0 saturated carbocycles. The van der Waals surface area contributed by atoms with Gasteiger partial charge in [0.05, 0.1) is 26.4 Å². The van der Waals surface area contributed by atoms with Crippen LogP contribution in [0.25, 0.3) is 0 Å². The van der Waals surface area contributed by atoms with Crippen LogP contribution in [-0.4, -0.2) is 55.1 Å². The second-order valence-corrected chi connectivity index (χ2v) is 9.32. The van der Waals surface area contributed by atoms with Crippen LogP contribution in [0.1, 0.15) is 40.7 Å². The number of hydrogen-bond donors (Lipinski definition) is 1. The highest BCUT2D eigenvalue weighted by atomic mass is 32.1. The van der Waals surface area contributed by atoms with E-state index in [0.717, 1.165) is 24.8 Å². The summed E-state index contributed by atoms with van der Waals surface area (Å²) in [5.41, 5.74) is 2.41. The molecule has 9 heteroatoms. The molecule has 2 aromatic heterocycles. The lowest BCUT2D eigenvalue weighted by molar-refractivity contribution is -0.125. The molecular weight excluding hydrogens is 478 g/mol. The van der Waals surface area contributed by atoms with Gasteiger partial charge in [-0.05, 0) is 71.5 Å². The number of carbonyl (C=O) groups excluding carboxylic acids is 2. The van der Waals surface area contributed by atoms with Crippen molar-refractivity contribution in [3.05, 3.63) is 70.2 Å². The molecule has 0 bridgehead atoms. The summed E-state index contributed by atoms with van der Waals surface area (Å²) in [5, 5.41) is 7.07. The first-order valence-corrected chi connectivity index (χ1v) is 12.9. The Hall–Kier alpha value is -3.59. The van der Waals surface area contributed by atoms with Gasteiger partial charge in [0.1, 0.15) is 6.04 Å². The topological polar surface area (TPSA) is 90.0 Å². The summed E-state index contributed by atoms with van der Waals surface area (Å²) in [6, 6.07) is 8.58. The molecule has 3 heterocycles. The smallest absolute Gasteiger partial charge is 0.256 e. The highest BCUT2D eigenvalue weighted by Gasteiger charge is 2.32. The third-order valence-electron chi connectivity index (χ3n) is 6.14. The Bertz CT molecular complexity index is 1130. The maximum absolute atomic E-state index is 13.6. The standard InChI is InChI=1S/C27H31N3O5S/c1-33-23-14-20(15-24(34-2)25(23)35-12-8-19-9-13-36-18-19)17-30(22-7-3-4-11-29-26(22)31)27(32)21-6-5-10-28-16-21/h5-6,9-10,13-16,18,22H,3-4,7-8,11-12,17H2,1-2H3,(H,29,31)/t22-/m0/s1. The number of hydrogen-bond acceptors (Lipinski definition) is 7. The van der Waals surface area contributed by atoms with E-state index in [2.05, 4.69) is 21.7 Å². The Morgan fingerprint density at radius 2 is 1.97 bits per heavy atom. The van der Waals surface area contributed by atoms with E-state index in [1.54, 1.807) is 48.8 Å². The summed E-state index contributed by atoms with van der Waals surface area (Å²) < 4.78 is 17.3. The number of methoxy groups -OCH3 is 2. The number of carbonyl (C=O) groups is 2. The lowest BCUT2D eigenvalue weighted by Crippen LogP contribution is -2.48. The third-order valence-corrected chi connectivity index (χ3v) is 6.87. The minimum absolute atomic E-state index is 0.142. The van der Waals surface area contributed by atoms with Crippen LogP contribution in [0.5, 0.6) is 17.2 Å². The molecule has 1 atom stereocenters. The molecule has 0 spiro atoms. The summed E-state index contributed by atoms with van der Waals surface area (Å²) in [5.74, 6) is 1.13. The molecule has 1 aliphatic heterocycles. The van der Waals surface area contributed by atoms with Gasteiger partial charge in [0.15, 0.2) is 11.5 Å². The van der Waals surface area contributed by atoms with E-state index in [-0.39, 0.29) is 18.4 Å². The van der Waals surface area contributed by atoms with Crippen LogP contribution >= 0.6 is 11.3 Å². The first-order valence-electron chi connectivity index (χ1n) is 12.0. The summed E-state index contributed by atoms with van der Waals surface area (Å²) in [7, 11) is 3.14. The second kappa shape index (κ2) is 12.4. The Kier molecular flexibility index (Phi) is 8.78. The summed E-state index contributed by atoms with van der Waals surface area (Å²) >= 11 is 1.65. The monoisotopic (exact) mass is 509 g/mol. The molecule has 1 fully saturated rings. The number of aromatic nitrogens is 1. The van der Waals surface area contributed by atoms with E-state index in [1.807, 2.05) is 17.5 Å². The molecular formula is C27H31N3O5S. The minimum atomic E-state index is -0.585. The largest absolute Gasteiger partial charge is 0.493 e. The van der Waals surface area contributed by atoms with Crippen molar-refractivity contribution in [3.63, 3.8) is 0 Å². The highest BCUT2D eigenvalue weighted by molar-refractivity contribution is 7.07. The van der Waals surface area contributed by atoms with Crippen LogP contribution in [0.15, 0.2) is 53.5 Å². The van der Waals surface area contributed by atoms with Crippen molar-refractivity contribution in [2.75, 3.05) is 27.4 Å². The van der Waals surface area contributed by atoms with Crippen molar-refractivity contribution in [1.82, 2.24) is 15.2 Å². The maximum atomic E-state index is 13.6. The van der Waals surface area contributed by atoms with Crippen LogP contribution in [0.3, 0.4) is 0 Å². The zero-order valence-electron chi connectivity index (χ0n) is 20.6. The number of pyridine rings is 1. The van der Waals surface area contributed by atoms with Gasteiger partial charge < -0.3 is 24.4 Å². The van der Waals surface area contributed by atoms with Crippen molar-refractivity contribution < 1.29 is 23.8 Å². The molecule has 1 aromatic carbocycles. The van der Waals surface area contributed by atoms with E-state index in [1.165, 1.54) is 11.8 Å². The molecule has 3 aromatic rings. The number of nitrogens with one attached hydrogen (secondary N) is 1. The van der Waals surface area contributed by atoms with Gasteiger partial charge >= 0.3 is 0 Å². The summed E-state index contributed by atoms with van der Waals surface area (Å²) in [4.78, 5) is 32.2. The predicted octanol–water partition coefficient (Wildman–Crippen LogP) is 4.09. The quantitative estimate of drug-likeness (QED) is 0.443. The van der Waals surface area contributed by atoms with Gasteiger partial charge in [-0.15, -0.1) is 0 Å². The minimum Gasteiger partial charge on any atom is -0.493 e. The maximum Gasteiger partial charge on any atom is 0.256 e. The average Bonchev–Trinajstić information content (AvgIpc) is 3.34. The number of thiophene rings is 1. The van der Waals surface area contributed by atoms with Crippen LogP contribution in [0.2, 0.25) is 0 Å². The Morgan fingerprint density at radius 3 is 2.64 bits per heavy atom. The molecule has 0 unspecified atom stereocenters. The van der Waals surface area contributed by atoms with E-state index in [9.17, 15) is 9.59 Å². The van der Waals surface area contributed by atoms with Crippen molar-refractivity contribution in [2.24, 2.45) is 0 Å². The van der Waals surface area contributed by atoms with E-state index in [4.69, 9.17) is 14.2 Å². The fraction of sp³-hybridized carbons (Fsp3) is 0.370. The van der Waals surface area contributed by atoms with Gasteiger partial charge in [-0.3, -0.25) is 14.6 Å². The number of rotatable bonds is 10. The van der Waals surface area contributed by atoms with Gasteiger partial charge in [0.2, 0.25) is 11.7 Å². The van der Waals surface area contributed by atoms with Crippen molar-refractivity contribution >= 4 is 23.2 Å². The van der Waals surface area contributed by atoms with Gasteiger partial charge in [0, 0.05) is 31.9 Å². The molecule has 36 heavy (non-hydrogen) atoms. The zero-order chi connectivity index (χ0) is 25.3. The van der Waals surface area contributed by atoms with E-state index >= 15 is 0 Å². The van der Waals surface area contributed by atoms with Gasteiger partial charge in [-0.2, -0.15) is 11.3 Å². The van der Waals surface area contributed by atoms with Crippen LogP contribution in [-0.2, 0) is 17.8 Å². The molecule has 2 amide bonds. The molecule has 1 N–H and O–H groups in total. The van der Waals surface area contributed by atoms with Gasteiger partial charge in [-0.25, -0.2) is 0 Å². The average molecular weight is 510 g/mol. The molecule has 8 nitrogen and oxygen atoms in total. The fourth-order valence-electron chi connectivity index (χ4n) is 4.27. The van der Waals surface area contributed by atoms with Gasteiger partial charge in [0.25, 0.3) is 5.91 Å². The number of benzene rings is 1. The number of ether oxygens (including phenoxy) is 3. The molecule has 0 radical (unpaired) electrons. The van der Waals surface area contributed by atoms with Gasteiger partial charge in [-0.1, -0.05) is 0 Å². The van der Waals surface area contributed by atoms with Crippen LogP contribution in [0, 0.1) is 0 Å². The summed E-state index contributed by atoms with van der Waals surface area (Å²) in [6.07, 6.45) is 6.24. The lowest BCUT2D eigenvalue weighted by atomic mass is 10.1. The molecule has 4 rings (SSSR count). The van der Waals surface area contributed by atoms with Crippen molar-refractivity contribution in [2.45, 2.75) is 38.3 Å². The fourth-order valence-corrected chi connectivity index (χ4v) is 4.97. The Balaban J connectivity index is 1.61. The Morgan fingerprint density at radius 1 is 1.17 bits per heavy atom. The van der Waals surface area contributed by atoms with Crippen molar-refractivity contribution in [1.29, 1.82) is 0 Å². The zero-order valence-corrected chi connectivity index (χ0v) is 21.4. The molecule has 1 saturated heterocycles. The van der Waals surface area contributed by atoms with Crippen LogP contribution < -0.4 is 19.5 Å². The normalized spacial score (nSPS) is 15.5. The first kappa shape index (κ1) is 25.5. The summed E-state index contributed by atoms with van der Waals surface area (Å²) in [6.45, 7) is 1.29. The SMILES string of the molecule is COc1cc(CN(C(=O)c2cccnc2)[C@H]2CCCCNC2=O)cc(OC)c1OCCc1ccsc1. The number of amides is 2. The molecule has 190 valence electrons. The van der Waals surface area contributed by atoms with Crippen molar-refractivity contribution in [3.8, 4) is 17.2 Å². The molecule has 1 aliphatic rings. The predicted molar refractivity (Wildman–Crippen MR) is 138 cm³/mol. The Labute approximate surface area is 215 Å². The highest BCUT2D eigenvalue weighted by Crippen LogP contribution is 2.39. The molecule has 0 aliphatic carbocycles. The second-order valence-electron chi connectivity index (χ2n) is 8.54. The number of nitrogens with zero attached hydrogens (tertiary/aromatic N) is 2. The van der Waals surface area contributed by atoms with E-state index < -0.39 is 6.04 Å².